The summed E-state index contributed by atoms with van der Waals surface area (Å²) in [5.41, 5.74) is 3.00. The molecule has 0 bridgehead atoms. The number of anilines is 1. The maximum atomic E-state index is 13.8. The van der Waals surface area contributed by atoms with Crippen LogP contribution in [0, 0.1) is 13.8 Å². The highest BCUT2D eigenvalue weighted by molar-refractivity contribution is 7.92. The summed E-state index contributed by atoms with van der Waals surface area (Å²) in [6.07, 6.45) is 0.765. The van der Waals surface area contributed by atoms with Gasteiger partial charge in [0.15, 0.2) is 0 Å². The molecule has 0 spiro atoms. The van der Waals surface area contributed by atoms with Gasteiger partial charge in [-0.15, -0.1) is 0 Å². The van der Waals surface area contributed by atoms with Crippen molar-refractivity contribution in [2.45, 2.75) is 51.6 Å². The lowest BCUT2D eigenvalue weighted by Crippen LogP contribution is -2.51. The summed E-state index contributed by atoms with van der Waals surface area (Å²) in [5, 5.41) is 2.84. The van der Waals surface area contributed by atoms with Crippen LogP contribution in [0.5, 0.6) is 0 Å². The lowest BCUT2D eigenvalue weighted by molar-refractivity contribution is -0.139. The van der Waals surface area contributed by atoms with E-state index in [-0.39, 0.29) is 17.3 Å². The smallest absolute Gasteiger partial charge is 0.264 e. The largest absolute Gasteiger partial charge is 0.354 e. The average Bonchev–Trinajstić information content (AvgIpc) is 2.88. The van der Waals surface area contributed by atoms with E-state index in [0.29, 0.717) is 12.2 Å². The fourth-order valence-electron chi connectivity index (χ4n) is 4.10. The van der Waals surface area contributed by atoms with Crippen molar-refractivity contribution >= 4 is 27.5 Å². The van der Waals surface area contributed by atoms with Crippen molar-refractivity contribution in [2.24, 2.45) is 0 Å². The number of rotatable bonds is 11. The molecule has 0 fully saturated rings. The molecule has 0 aliphatic rings. The molecule has 3 rings (SSSR count). The van der Waals surface area contributed by atoms with E-state index in [0.717, 1.165) is 27.4 Å². The van der Waals surface area contributed by atoms with Crippen LogP contribution in [0.4, 0.5) is 5.69 Å². The Morgan fingerprint density at radius 1 is 0.892 bits per heavy atom. The molecule has 0 aliphatic carbocycles. The maximum absolute atomic E-state index is 13.8. The molecule has 8 heteroatoms. The van der Waals surface area contributed by atoms with E-state index in [4.69, 9.17) is 0 Å². The molecule has 3 aromatic carbocycles. The van der Waals surface area contributed by atoms with E-state index in [9.17, 15) is 18.0 Å². The molecular formula is C29H35N3O4S. The van der Waals surface area contributed by atoms with Gasteiger partial charge in [0.05, 0.1) is 10.6 Å². The van der Waals surface area contributed by atoms with Crippen molar-refractivity contribution in [3.05, 3.63) is 95.6 Å². The van der Waals surface area contributed by atoms with Crippen LogP contribution in [0.25, 0.3) is 0 Å². The Bertz CT molecular complexity index is 1290. The second kappa shape index (κ2) is 12.5. The van der Waals surface area contributed by atoms with Gasteiger partial charge in [-0.25, -0.2) is 8.42 Å². The van der Waals surface area contributed by atoms with Gasteiger partial charge in [0.25, 0.3) is 10.0 Å². The molecule has 2 amide bonds. The SMILES string of the molecule is CCCNC(=O)C(C)N(Cc1ccccc1)C(=O)CN(c1cc(C)cc(C)c1)S(=O)(=O)c1ccccc1. The van der Waals surface area contributed by atoms with Gasteiger partial charge in [0.1, 0.15) is 12.6 Å². The number of nitrogens with one attached hydrogen (secondary N) is 1. The predicted molar refractivity (Wildman–Crippen MR) is 147 cm³/mol. The molecule has 1 N–H and O–H groups in total. The molecule has 1 unspecified atom stereocenters. The van der Waals surface area contributed by atoms with Gasteiger partial charge in [-0.2, -0.15) is 0 Å². The van der Waals surface area contributed by atoms with E-state index in [1.54, 1.807) is 37.3 Å². The zero-order chi connectivity index (χ0) is 27.0. The first-order valence-electron chi connectivity index (χ1n) is 12.4. The van der Waals surface area contributed by atoms with E-state index < -0.39 is 28.5 Å². The highest BCUT2D eigenvalue weighted by Crippen LogP contribution is 2.26. The first-order chi connectivity index (χ1) is 17.6. The topological polar surface area (TPSA) is 86.8 Å². The van der Waals surface area contributed by atoms with E-state index in [1.165, 1.54) is 17.0 Å². The number of amides is 2. The number of aryl methyl sites for hydroxylation is 2. The van der Waals surface area contributed by atoms with Crippen molar-refractivity contribution in [2.75, 3.05) is 17.4 Å². The lowest BCUT2D eigenvalue weighted by atomic mass is 10.1. The van der Waals surface area contributed by atoms with Gasteiger partial charge in [-0.05, 0) is 68.1 Å². The Balaban J connectivity index is 2.03. The van der Waals surface area contributed by atoms with Gasteiger partial charge >= 0.3 is 0 Å². The van der Waals surface area contributed by atoms with E-state index in [2.05, 4.69) is 5.32 Å². The third-order valence-corrected chi connectivity index (χ3v) is 7.80. The zero-order valence-corrected chi connectivity index (χ0v) is 22.7. The van der Waals surface area contributed by atoms with Crippen LogP contribution >= 0.6 is 0 Å². The number of hydrogen-bond donors (Lipinski definition) is 1. The quantitative estimate of drug-likeness (QED) is 0.404. The third kappa shape index (κ3) is 7.20. The molecule has 196 valence electrons. The van der Waals surface area contributed by atoms with Gasteiger partial charge in [-0.1, -0.05) is 61.5 Å². The number of hydrogen-bond acceptors (Lipinski definition) is 4. The first kappa shape index (κ1) is 27.9. The summed E-state index contributed by atoms with van der Waals surface area (Å²) in [7, 11) is -4.06. The average molecular weight is 522 g/mol. The van der Waals surface area contributed by atoms with Crippen molar-refractivity contribution in [3.63, 3.8) is 0 Å². The standard InChI is InChI=1S/C29H35N3O4S/c1-5-16-30-29(34)24(4)31(20-25-12-8-6-9-13-25)28(33)21-32(26-18-22(2)17-23(3)19-26)37(35,36)27-14-10-7-11-15-27/h6-15,17-19,24H,5,16,20-21H2,1-4H3,(H,30,34). The fraction of sp³-hybridized carbons (Fsp3) is 0.310. The molecule has 0 aliphatic heterocycles. The summed E-state index contributed by atoms with van der Waals surface area (Å²) >= 11 is 0. The lowest BCUT2D eigenvalue weighted by Gasteiger charge is -2.32. The van der Waals surface area contributed by atoms with Crippen molar-refractivity contribution in [1.29, 1.82) is 0 Å². The number of carbonyl (C=O) groups excluding carboxylic acids is 2. The Morgan fingerprint density at radius 2 is 1.46 bits per heavy atom. The minimum Gasteiger partial charge on any atom is -0.354 e. The normalized spacial score (nSPS) is 12.0. The van der Waals surface area contributed by atoms with Crippen molar-refractivity contribution in [1.82, 2.24) is 10.2 Å². The van der Waals surface area contributed by atoms with Gasteiger partial charge < -0.3 is 10.2 Å². The molecule has 1 atom stereocenters. The highest BCUT2D eigenvalue weighted by Gasteiger charge is 2.32. The molecule has 0 saturated carbocycles. The summed E-state index contributed by atoms with van der Waals surface area (Å²) in [6, 6.07) is 22.1. The highest BCUT2D eigenvalue weighted by atomic mass is 32.2. The van der Waals surface area contributed by atoms with Gasteiger partial charge in [-0.3, -0.25) is 13.9 Å². The van der Waals surface area contributed by atoms with Crippen LogP contribution in [0.1, 0.15) is 37.0 Å². The van der Waals surface area contributed by atoms with Crippen molar-refractivity contribution in [3.8, 4) is 0 Å². The van der Waals surface area contributed by atoms with E-state index >= 15 is 0 Å². The van der Waals surface area contributed by atoms with Gasteiger partial charge in [0.2, 0.25) is 11.8 Å². The minimum absolute atomic E-state index is 0.0882. The fourth-order valence-corrected chi connectivity index (χ4v) is 5.52. The van der Waals surface area contributed by atoms with E-state index in [1.807, 2.05) is 57.2 Å². The number of carbonyl (C=O) groups is 2. The Labute approximate surface area is 220 Å². The summed E-state index contributed by atoms with van der Waals surface area (Å²) < 4.78 is 28.7. The molecule has 7 nitrogen and oxygen atoms in total. The molecule has 37 heavy (non-hydrogen) atoms. The Morgan fingerprint density at radius 3 is 2.03 bits per heavy atom. The molecule has 0 heterocycles. The van der Waals surface area contributed by atoms with Gasteiger partial charge in [0, 0.05) is 13.1 Å². The van der Waals surface area contributed by atoms with Crippen LogP contribution < -0.4 is 9.62 Å². The first-order valence-corrected chi connectivity index (χ1v) is 13.8. The van der Waals surface area contributed by atoms with Crippen LogP contribution in [0.3, 0.4) is 0 Å². The minimum atomic E-state index is -4.06. The second-order valence-electron chi connectivity index (χ2n) is 9.14. The van der Waals surface area contributed by atoms with Crippen LogP contribution in [-0.2, 0) is 26.2 Å². The number of benzene rings is 3. The monoisotopic (exact) mass is 521 g/mol. The molecule has 0 aromatic heterocycles. The number of nitrogens with zero attached hydrogens (tertiary/aromatic N) is 2. The Hall–Kier alpha value is -3.65. The van der Waals surface area contributed by atoms with Crippen LogP contribution in [0.15, 0.2) is 83.8 Å². The van der Waals surface area contributed by atoms with Crippen molar-refractivity contribution < 1.29 is 18.0 Å². The zero-order valence-electron chi connectivity index (χ0n) is 21.8. The van der Waals surface area contributed by atoms with Crippen LogP contribution in [0.2, 0.25) is 0 Å². The number of sulfonamides is 1. The summed E-state index contributed by atoms with van der Waals surface area (Å²) in [6.45, 7) is 7.60. The second-order valence-corrected chi connectivity index (χ2v) is 11.0. The summed E-state index contributed by atoms with van der Waals surface area (Å²) in [4.78, 5) is 28.2. The maximum Gasteiger partial charge on any atom is 0.264 e. The molecule has 0 radical (unpaired) electrons. The summed E-state index contributed by atoms with van der Waals surface area (Å²) in [5.74, 6) is -0.753. The Kier molecular flexibility index (Phi) is 9.47. The van der Waals surface area contributed by atoms with Crippen LogP contribution in [-0.4, -0.2) is 44.3 Å². The molecular weight excluding hydrogens is 486 g/mol. The molecule has 0 saturated heterocycles. The molecule has 3 aromatic rings. The predicted octanol–water partition coefficient (Wildman–Crippen LogP) is 4.44. The third-order valence-electron chi connectivity index (χ3n) is 6.02.